The van der Waals surface area contributed by atoms with E-state index in [4.69, 9.17) is 4.74 Å². The van der Waals surface area contributed by atoms with Gasteiger partial charge in [-0.2, -0.15) is 0 Å². The van der Waals surface area contributed by atoms with Gasteiger partial charge in [0.2, 0.25) is 0 Å². The highest BCUT2D eigenvalue weighted by molar-refractivity contribution is 5.97. The van der Waals surface area contributed by atoms with Crippen molar-refractivity contribution in [3.8, 4) is 0 Å². The molecule has 0 saturated carbocycles. The number of esters is 1. The van der Waals surface area contributed by atoms with Crippen molar-refractivity contribution in [3.05, 3.63) is 41.4 Å². The van der Waals surface area contributed by atoms with Crippen LogP contribution in [0.3, 0.4) is 0 Å². The third-order valence-electron chi connectivity index (χ3n) is 3.00. The van der Waals surface area contributed by atoms with Gasteiger partial charge in [-0.15, -0.1) is 0 Å². The Kier molecular flexibility index (Phi) is 2.47. The fourth-order valence-corrected chi connectivity index (χ4v) is 2.18. The number of amides is 2. The van der Waals surface area contributed by atoms with E-state index in [2.05, 4.69) is 15.6 Å². The molecule has 0 bridgehead atoms. The van der Waals surface area contributed by atoms with Crippen LogP contribution in [-0.2, 0) is 16.0 Å². The minimum absolute atomic E-state index is 0.147. The summed E-state index contributed by atoms with van der Waals surface area (Å²) in [4.78, 5) is 27.0. The van der Waals surface area contributed by atoms with Gasteiger partial charge in [-0.3, -0.25) is 4.98 Å². The Labute approximate surface area is 103 Å². The maximum atomic E-state index is 11.6. The lowest BCUT2D eigenvalue weighted by Gasteiger charge is -2.24. The minimum Gasteiger partial charge on any atom is -0.456 e. The number of urea groups is 1. The molecule has 92 valence electrons. The summed E-state index contributed by atoms with van der Waals surface area (Å²) in [6.45, 7) is 0.147. The number of nitrogens with one attached hydrogen (secondary N) is 2. The molecule has 0 aromatic carbocycles. The largest absolute Gasteiger partial charge is 0.456 e. The summed E-state index contributed by atoms with van der Waals surface area (Å²) in [5.74, 6) is -0.364. The monoisotopic (exact) mass is 245 g/mol. The van der Waals surface area contributed by atoms with Crippen molar-refractivity contribution in [2.75, 3.05) is 6.61 Å². The van der Waals surface area contributed by atoms with Gasteiger partial charge in [0.05, 0.1) is 17.3 Å². The van der Waals surface area contributed by atoms with Crippen molar-refractivity contribution in [1.82, 2.24) is 15.6 Å². The molecule has 1 aromatic heterocycles. The summed E-state index contributed by atoms with van der Waals surface area (Å²) in [7, 11) is 0. The Morgan fingerprint density at radius 1 is 1.33 bits per heavy atom. The lowest BCUT2D eigenvalue weighted by molar-refractivity contribution is -0.136. The standard InChI is InChI=1S/C12H11N3O3/c16-11-10-8(5-7-1-3-13-4-2-7)14-12(17)15-9(10)6-18-11/h1-4,8H,5-6H2,(H2,14,15,17). The number of cyclic esters (lactones) is 1. The molecule has 0 fully saturated rings. The first-order valence-corrected chi connectivity index (χ1v) is 5.60. The maximum Gasteiger partial charge on any atom is 0.338 e. The van der Waals surface area contributed by atoms with Gasteiger partial charge in [0.15, 0.2) is 0 Å². The molecule has 6 heteroatoms. The summed E-state index contributed by atoms with van der Waals surface area (Å²) in [5.41, 5.74) is 2.10. The molecular weight excluding hydrogens is 234 g/mol. The van der Waals surface area contributed by atoms with E-state index in [1.54, 1.807) is 12.4 Å². The van der Waals surface area contributed by atoms with Gasteiger partial charge in [-0.1, -0.05) is 0 Å². The number of pyridine rings is 1. The number of rotatable bonds is 2. The van der Waals surface area contributed by atoms with Crippen molar-refractivity contribution in [2.45, 2.75) is 12.5 Å². The van der Waals surface area contributed by atoms with Gasteiger partial charge < -0.3 is 15.4 Å². The fraction of sp³-hybridized carbons (Fsp3) is 0.250. The first kappa shape index (κ1) is 10.8. The molecule has 2 amide bonds. The molecule has 0 radical (unpaired) electrons. The molecule has 1 unspecified atom stereocenters. The van der Waals surface area contributed by atoms with E-state index in [1.165, 1.54) is 0 Å². The van der Waals surface area contributed by atoms with Gasteiger partial charge in [0.25, 0.3) is 0 Å². The molecule has 0 saturated heterocycles. The second-order valence-electron chi connectivity index (χ2n) is 4.18. The molecule has 3 rings (SSSR count). The van der Waals surface area contributed by atoms with Crippen LogP contribution in [0.2, 0.25) is 0 Å². The highest BCUT2D eigenvalue weighted by Gasteiger charge is 2.36. The van der Waals surface area contributed by atoms with Gasteiger partial charge in [-0.25, -0.2) is 9.59 Å². The fourth-order valence-electron chi connectivity index (χ4n) is 2.18. The van der Waals surface area contributed by atoms with Crippen LogP contribution in [0, 0.1) is 0 Å². The lowest BCUT2D eigenvalue weighted by Crippen LogP contribution is -2.49. The highest BCUT2D eigenvalue weighted by atomic mass is 16.5. The number of nitrogens with zero attached hydrogens (tertiary/aromatic N) is 1. The Bertz CT molecular complexity index is 539. The summed E-state index contributed by atoms with van der Waals surface area (Å²) in [5, 5.41) is 5.33. The summed E-state index contributed by atoms with van der Waals surface area (Å²) in [6.07, 6.45) is 3.91. The van der Waals surface area contributed by atoms with Crippen molar-refractivity contribution in [2.24, 2.45) is 0 Å². The molecule has 2 aliphatic rings. The van der Waals surface area contributed by atoms with Crippen LogP contribution in [0.1, 0.15) is 5.56 Å². The summed E-state index contributed by atoms with van der Waals surface area (Å²) >= 11 is 0. The second-order valence-corrected chi connectivity index (χ2v) is 4.18. The number of carbonyl (C=O) groups excluding carboxylic acids is 2. The molecule has 1 aromatic rings. The van der Waals surface area contributed by atoms with E-state index in [0.717, 1.165) is 5.56 Å². The molecule has 0 aliphatic carbocycles. The number of hydrogen-bond donors (Lipinski definition) is 2. The molecule has 18 heavy (non-hydrogen) atoms. The quantitative estimate of drug-likeness (QED) is 0.725. The van der Waals surface area contributed by atoms with Crippen LogP contribution in [0.15, 0.2) is 35.8 Å². The van der Waals surface area contributed by atoms with E-state index in [0.29, 0.717) is 17.7 Å². The average molecular weight is 245 g/mol. The van der Waals surface area contributed by atoms with Crippen LogP contribution >= 0.6 is 0 Å². The van der Waals surface area contributed by atoms with Crippen LogP contribution in [0.5, 0.6) is 0 Å². The molecule has 0 spiro atoms. The van der Waals surface area contributed by atoms with Crippen LogP contribution < -0.4 is 10.6 Å². The summed E-state index contributed by atoms with van der Waals surface area (Å²) < 4.78 is 4.94. The SMILES string of the molecule is O=C1NC2=C(C(=O)OC2)C(Cc2ccncc2)N1. The topological polar surface area (TPSA) is 80.3 Å². The van der Waals surface area contributed by atoms with E-state index in [1.807, 2.05) is 12.1 Å². The van der Waals surface area contributed by atoms with Crippen molar-refractivity contribution in [1.29, 1.82) is 0 Å². The molecule has 3 heterocycles. The Morgan fingerprint density at radius 2 is 2.11 bits per heavy atom. The van der Waals surface area contributed by atoms with Gasteiger partial charge in [-0.05, 0) is 24.1 Å². The molecule has 2 N–H and O–H groups in total. The molecule has 2 aliphatic heterocycles. The van der Waals surface area contributed by atoms with E-state index in [9.17, 15) is 9.59 Å². The Balaban J connectivity index is 1.88. The zero-order valence-corrected chi connectivity index (χ0v) is 9.47. The zero-order valence-electron chi connectivity index (χ0n) is 9.47. The number of ether oxygens (including phenoxy) is 1. The first-order valence-electron chi connectivity index (χ1n) is 5.60. The van der Waals surface area contributed by atoms with Gasteiger partial charge in [0.1, 0.15) is 6.61 Å². The second kappa shape index (κ2) is 4.14. The normalized spacial score (nSPS) is 22.1. The summed E-state index contributed by atoms with van der Waals surface area (Å²) in [6, 6.07) is 3.07. The number of carbonyl (C=O) groups is 2. The first-order chi connectivity index (χ1) is 8.74. The predicted molar refractivity (Wildman–Crippen MR) is 61.4 cm³/mol. The number of aromatic nitrogens is 1. The van der Waals surface area contributed by atoms with E-state index >= 15 is 0 Å². The maximum absolute atomic E-state index is 11.6. The zero-order chi connectivity index (χ0) is 12.5. The number of hydrogen-bond acceptors (Lipinski definition) is 4. The third kappa shape index (κ3) is 1.81. The van der Waals surface area contributed by atoms with Gasteiger partial charge in [0, 0.05) is 12.4 Å². The molecular formula is C12H11N3O3. The average Bonchev–Trinajstić information content (AvgIpc) is 2.72. The van der Waals surface area contributed by atoms with E-state index in [-0.39, 0.29) is 24.6 Å². The van der Waals surface area contributed by atoms with Crippen molar-refractivity contribution in [3.63, 3.8) is 0 Å². The highest BCUT2D eigenvalue weighted by Crippen LogP contribution is 2.22. The smallest absolute Gasteiger partial charge is 0.338 e. The molecule has 1 atom stereocenters. The minimum atomic E-state index is -0.364. The molecule has 6 nitrogen and oxygen atoms in total. The lowest BCUT2D eigenvalue weighted by atomic mass is 9.97. The Hall–Kier alpha value is -2.37. The Morgan fingerprint density at radius 3 is 2.89 bits per heavy atom. The van der Waals surface area contributed by atoms with Gasteiger partial charge >= 0.3 is 12.0 Å². The third-order valence-corrected chi connectivity index (χ3v) is 3.00. The van der Waals surface area contributed by atoms with E-state index < -0.39 is 0 Å². The van der Waals surface area contributed by atoms with Crippen LogP contribution in [0.25, 0.3) is 0 Å². The van der Waals surface area contributed by atoms with Crippen LogP contribution in [0.4, 0.5) is 4.79 Å². The van der Waals surface area contributed by atoms with Crippen LogP contribution in [-0.4, -0.2) is 29.6 Å². The van der Waals surface area contributed by atoms with Crippen molar-refractivity contribution >= 4 is 12.0 Å². The predicted octanol–water partition coefficient (Wildman–Crippen LogP) is 0.116. The van der Waals surface area contributed by atoms with Crippen molar-refractivity contribution < 1.29 is 14.3 Å².